The molecule has 0 amide bonds. The fraction of sp³-hybridized carbons (Fsp3) is 0.312. The lowest BCUT2D eigenvalue weighted by Crippen LogP contribution is -1.94. The summed E-state index contributed by atoms with van der Waals surface area (Å²) in [5.74, 6) is 0.500. The second-order valence-corrected chi connectivity index (χ2v) is 4.92. The van der Waals surface area contributed by atoms with Crippen LogP contribution in [0.5, 0.6) is 0 Å². The molecule has 0 bridgehead atoms. The molecule has 0 aliphatic carbocycles. The van der Waals surface area contributed by atoms with E-state index in [4.69, 9.17) is 0 Å². The highest BCUT2D eigenvalue weighted by Gasteiger charge is 2.08. The number of nitrogens with zero attached hydrogens (tertiary/aromatic N) is 1. The largest absolute Gasteiger partial charge is 0.264 e. The van der Waals surface area contributed by atoms with Gasteiger partial charge in [0.2, 0.25) is 0 Å². The third kappa shape index (κ3) is 2.38. The quantitative estimate of drug-likeness (QED) is 0.734. The number of hydrogen-bond donors (Lipinski definition) is 0. The minimum atomic E-state index is 0.500. The first-order valence-electron chi connectivity index (χ1n) is 6.11. The predicted molar refractivity (Wildman–Crippen MR) is 73.2 cm³/mol. The van der Waals surface area contributed by atoms with Gasteiger partial charge in [0.1, 0.15) is 0 Å². The van der Waals surface area contributed by atoms with E-state index < -0.39 is 0 Å². The summed E-state index contributed by atoms with van der Waals surface area (Å²) in [5.41, 5.74) is 6.59. The maximum atomic E-state index is 4.23. The molecule has 17 heavy (non-hydrogen) atoms. The summed E-state index contributed by atoms with van der Waals surface area (Å²) in [6.45, 7) is 8.73. The molecular formula is C16H19N. The normalized spacial score (nSPS) is 10.9. The Morgan fingerprint density at radius 3 is 2.41 bits per heavy atom. The lowest BCUT2D eigenvalue weighted by Gasteiger charge is -2.13. The molecule has 0 fully saturated rings. The molecule has 0 spiro atoms. The highest BCUT2D eigenvalue weighted by Crippen LogP contribution is 2.29. The third-order valence-electron chi connectivity index (χ3n) is 3.29. The van der Waals surface area contributed by atoms with E-state index in [0.717, 1.165) is 0 Å². The van der Waals surface area contributed by atoms with Gasteiger partial charge in [-0.15, -0.1) is 0 Å². The van der Waals surface area contributed by atoms with Crippen molar-refractivity contribution in [2.45, 2.75) is 33.6 Å². The summed E-state index contributed by atoms with van der Waals surface area (Å²) in [6.07, 6.45) is 3.85. The Labute approximate surface area is 104 Å². The molecule has 2 rings (SSSR count). The van der Waals surface area contributed by atoms with Crippen molar-refractivity contribution in [1.82, 2.24) is 4.98 Å². The summed E-state index contributed by atoms with van der Waals surface area (Å²) in [4.78, 5) is 4.23. The van der Waals surface area contributed by atoms with Crippen molar-refractivity contribution < 1.29 is 0 Å². The molecule has 0 saturated carbocycles. The van der Waals surface area contributed by atoms with Gasteiger partial charge in [-0.05, 0) is 53.6 Å². The van der Waals surface area contributed by atoms with Crippen LogP contribution in [0.15, 0.2) is 36.7 Å². The van der Waals surface area contributed by atoms with Crippen molar-refractivity contribution >= 4 is 0 Å². The Balaban J connectivity index is 2.56. The van der Waals surface area contributed by atoms with E-state index >= 15 is 0 Å². The van der Waals surface area contributed by atoms with Crippen LogP contribution < -0.4 is 0 Å². The van der Waals surface area contributed by atoms with Gasteiger partial charge >= 0.3 is 0 Å². The first-order chi connectivity index (χ1) is 8.09. The Kier molecular flexibility index (Phi) is 3.28. The van der Waals surface area contributed by atoms with E-state index in [9.17, 15) is 0 Å². The molecule has 1 heteroatoms. The van der Waals surface area contributed by atoms with E-state index in [1.165, 1.54) is 27.8 Å². The number of pyridine rings is 1. The maximum absolute atomic E-state index is 4.23. The number of aryl methyl sites for hydroxylation is 2. The smallest absolute Gasteiger partial charge is 0.0308 e. The van der Waals surface area contributed by atoms with Gasteiger partial charge in [-0.3, -0.25) is 4.98 Å². The zero-order valence-corrected chi connectivity index (χ0v) is 11.0. The minimum Gasteiger partial charge on any atom is -0.264 e. The van der Waals surface area contributed by atoms with Crippen molar-refractivity contribution in [3.05, 3.63) is 53.3 Å². The van der Waals surface area contributed by atoms with Crippen molar-refractivity contribution in [3.8, 4) is 11.1 Å². The first-order valence-corrected chi connectivity index (χ1v) is 6.11. The van der Waals surface area contributed by atoms with Crippen LogP contribution in [0.2, 0.25) is 0 Å². The maximum Gasteiger partial charge on any atom is 0.0308 e. The average Bonchev–Trinajstić information content (AvgIpc) is 2.32. The van der Waals surface area contributed by atoms with E-state index in [2.05, 4.69) is 56.9 Å². The first kappa shape index (κ1) is 11.8. The number of benzene rings is 1. The van der Waals surface area contributed by atoms with Crippen LogP contribution in [0.4, 0.5) is 0 Å². The molecule has 0 aliphatic rings. The van der Waals surface area contributed by atoms with E-state index in [0.29, 0.717) is 5.92 Å². The van der Waals surface area contributed by atoms with E-state index in [1.807, 2.05) is 12.4 Å². The summed E-state index contributed by atoms with van der Waals surface area (Å²) < 4.78 is 0. The second kappa shape index (κ2) is 4.70. The van der Waals surface area contributed by atoms with Crippen molar-refractivity contribution in [3.63, 3.8) is 0 Å². The Morgan fingerprint density at radius 2 is 1.76 bits per heavy atom. The van der Waals surface area contributed by atoms with Gasteiger partial charge in [0.05, 0.1) is 0 Å². The zero-order chi connectivity index (χ0) is 12.4. The monoisotopic (exact) mass is 225 g/mol. The fourth-order valence-corrected chi connectivity index (χ4v) is 2.04. The van der Waals surface area contributed by atoms with Crippen molar-refractivity contribution in [1.29, 1.82) is 0 Å². The van der Waals surface area contributed by atoms with Gasteiger partial charge in [0.15, 0.2) is 0 Å². The van der Waals surface area contributed by atoms with Crippen LogP contribution >= 0.6 is 0 Å². The standard InChI is InChI=1S/C16H19N/c1-11(2)16-10-17-8-7-15(16)14-6-5-12(3)13(4)9-14/h5-11H,1-4H3. The molecule has 88 valence electrons. The van der Waals surface area contributed by atoms with Gasteiger partial charge < -0.3 is 0 Å². The van der Waals surface area contributed by atoms with Crippen LogP contribution in [0.3, 0.4) is 0 Å². The Bertz CT molecular complexity index is 527. The Hall–Kier alpha value is -1.63. The lowest BCUT2D eigenvalue weighted by atomic mass is 9.93. The van der Waals surface area contributed by atoms with E-state index in [1.54, 1.807) is 0 Å². The highest BCUT2D eigenvalue weighted by atomic mass is 14.6. The fourth-order valence-electron chi connectivity index (χ4n) is 2.04. The Morgan fingerprint density at radius 1 is 1.00 bits per heavy atom. The van der Waals surface area contributed by atoms with Crippen LogP contribution in [-0.2, 0) is 0 Å². The van der Waals surface area contributed by atoms with Crippen LogP contribution in [0.25, 0.3) is 11.1 Å². The molecule has 0 radical (unpaired) electrons. The van der Waals surface area contributed by atoms with Crippen molar-refractivity contribution in [2.75, 3.05) is 0 Å². The molecule has 1 aromatic carbocycles. The summed E-state index contributed by atoms with van der Waals surface area (Å²) >= 11 is 0. The SMILES string of the molecule is Cc1ccc(-c2ccncc2C(C)C)cc1C. The molecular weight excluding hydrogens is 206 g/mol. The van der Waals surface area contributed by atoms with Crippen molar-refractivity contribution in [2.24, 2.45) is 0 Å². The molecule has 0 saturated heterocycles. The molecule has 1 nitrogen and oxygen atoms in total. The average molecular weight is 225 g/mol. The topological polar surface area (TPSA) is 12.9 Å². The van der Waals surface area contributed by atoms with Gasteiger partial charge in [-0.25, -0.2) is 0 Å². The summed E-state index contributed by atoms with van der Waals surface area (Å²) in [7, 11) is 0. The van der Waals surface area contributed by atoms with Gasteiger partial charge in [-0.1, -0.05) is 32.0 Å². The van der Waals surface area contributed by atoms with Crippen LogP contribution in [-0.4, -0.2) is 4.98 Å². The summed E-state index contributed by atoms with van der Waals surface area (Å²) in [6, 6.07) is 8.76. The van der Waals surface area contributed by atoms with Crippen LogP contribution in [0.1, 0.15) is 36.5 Å². The van der Waals surface area contributed by atoms with E-state index in [-0.39, 0.29) is 0 Å². The number of hydrogen-bond acceptors (Lipinski definition) is 1. The highest BCUT2D eigenvalue weighted by molar-refractivity contribution is 5.68. The predicted octanol–water partition coefficient (Wildman–Crippen LogP) is 4.49. The summed E-state index contributed by atoms with van der Waals surface area (Å²) in [5, 5.41) is 0. The molecule has 0 aliphatic heterocycles. The number of rotatable bonds is 2. The molecule has 1 heterocycles. The number of aromatic nitrogens is 1. The van der Waals surface area contributed by atoms with Gasteiger partial charge in [-0.2, -0.15) is 0 Å². The molecule has 2 aromatic rings. The molecule has 0 N–H and O–H groups in total. The van der Waals surface area contributed by atoms with Crippen LogP contribution in [0, 0.1) is 13.8 Å². The molecule has 0 unspecified atom stereocenters. The molecule has 0 atom stereocenters. The zero-order valence-electron chi connectivity index (χ0n) is 11.0. The van der Waals surface area contributed by atoms with Gasteiger partial charge in [0.25, 0.3) is 0 Å². The lowest BCUT2D eigenvalue weighted by molar-refractivity contribution is 0.860. The third-order valence-corrected chi connectivity index (χ3v) is 3.29. The second-order valence-electron chi connectivity index (χ2n) is 4.92. The van der Waals surface area contributed by atoms with Gasteiger partial charge in [0, 0.05) is 12.4 Å². The molecule has 1 aromatic heterocycles. The minimum absolute atomic E-state index is 0.500.